The lowest BCUT2D eigenvalue weighted by atomic mass is 10.2. The van der Waals surface area contributed by atoms with Gasteiger partial charge in [-0.05, 0) is 43.3 Å². The Morgan fingerprint density at radius 1 is 0.741 bits per heavy atom. The molecular formula is C23H24BrO2P. The van der Waals surface area contributed by atoms with E-state index < -0.39 is 7.26 Å². The van der Waals surface area contributed by atoms with Gasteiger partial charge < -0.3 is 26.5 Å². The van der Waals surface area contributed by atoms with Crippen LogP contribution in [0.3, 0.4) is 0 Å². The Kier molecular flexibility index (Phi) is 6.83. The van der Waals surface area contributed by atoms with Crippen LogP contribution in [-0.2, 0) is 9.47 Å². The van der Waals surface area contributed by atoms with E-state index >= 15 is 0 Å². The molecule has 3 aromatic rings. The quantitative estimate of drug-likeness (QED) is 0.550. The fourth-order valence-corrected chi connectivity index (χ4v) is 8.15. The molecule has 1 heterocycles. The van der Waals surface area contributed by atoms with Gasteiger partial charge in [-0.2, -0.15) is 0 Å². The van der Waals surface area contributed by atoms with E-state index in [-0.39, 0.29) is 23.3 Å². The van der Waals surface area contributed by atoms with Gasteiger partial charge in [0, 0.05) is 0 Å². The van der Waals surface area contributed by atoms with Crippen molar-refractivity contribution in [1.29, 1.82) is 0 Å². The first-order valence-corrected chi connectivity index (χ1v) is 11.2. The molecule has 4 heteroatoms. The predicted octanol–water partition coefficient (Wildman–Crippen LogP) is 1.05. The van der Waals surface area contributed by atoms with Gasteiger partial charge in [-0.1, -0.05) is 48.5 Å². The summed E-state index contributed by atoms with van der Waals surface area (Å²) in [5.41, 5.74) is 1.17. The number of rotatable bonds is 5. The largest absolute Gasteiger partial charge is 1.00 e. The molecule has 1 fully saturated rings. The molecule has 1 saturated heterocycles. The smallest absolute Gasteiger partial charge is 0.187 e. The summed E-state index contributed by atoms with van der Waals surface area (Å²) in [6, 6.07) is 30.5. The van der Waals surface area contributed by atoms with E-state index in [9.17, 15) is 0 Å². The van der Waals surface area contributed by atoms with Gasteiger partial charge >= 0.3 is 0 Å². The van der Waals surface area contributed by atoms with E-state index in [4.69, 9.17) is 9.47 Å². The van der Waals surface area contributed by atoms with Crippen LogP contribution in [0.5, 0.6) is 0 Å². The van der Waals surface area contributed by atoms with Crippen LogP contribution in [0.15, 0.2) is 84.9 Å². The molecule has 0 atom stereocenters. The number of ether oxygens (including phenoxy) is 2. The molecule has 0 radical (unpaired) electrons. The van der Waals surface area contributed by atoms with Gasteiger partial charge in [-0.25, -0.2) is 0 Å². The lowest BCUT2D eigenvalue weighted by Crippen LogP contribution is -3.00. The van der Waals surface area contributed by atoms with Crippen LogP contribution >= 0.6 is 7.26 Å². The highest BCUT2D eigenvalue weighted by molar-refractivity contribution is 7.95. The van der Waals surface area contributed by atoms with E-state index in [1.54, 1.807) is 0 Å². The van der Waals surface area contributed by atoms with E-state index in [0.29, 0.717) is 13.2 Å². The SMILES string of the molecule is CC[P+](c1ccccc1)(c1ccccc1)c1ccccc1C1OCCO1.[Br-]. The normalized spacial score (nSPS) is 14.7. The summed E-state index contributed by atoms with van der Waals surface area (Å²) in [6.45, 7) is 3.63. The van der Waals surface area contributed by atoms with Crippen LogP contribution in [-0.4, -0.2) is 19.4 Å². The van der Waals surface area contributed by atoms with Crippen molar-refractivity contribution in [3.05, 3.63) is 90.5 Å². The molecule has 0 saturated carbocycles. The van der Waals surface area contributed by atoms with Crippen molar-refractivity contribution in [2.75, 3.05) is 19.4 Å². The maximum atomic E-state index is 5.89. The Bertz CT molecular complexity index is 809. The minimum Gasteiger partial charge on any atom is -1.00 e. The molecule has 0 N–H and O–H groups in total. The Labute approximate surface area is 172 Å². The summed E-state index contributed by atoms with van der Waals surface area (Å²) < 4.78 is 11.8. The van der Waals surface area contributed by atoms with Gasteiger partial charge in [0.25, 0.3) is 0 Å². The fourth-order valence-electron chi connectivity index (χ4n) is 3.90. The van der Waals surface area contributed by atoms with Gasteiger partial charge in [-0.15, -0.1) is 0 Å². The molecule has 2 nitrogen and oxygen atoms in total. The number of hydrogen-bond donors (Lipinski definition) is 0. The molecule has 0 amide bonds. The lowest BCUT2D eigenvalue weighted by molar-refractivity contribution is -0.0433. The Balaban J connectivity index is 0.00000210. The van der Waals surface area contributed by atoms with Crippen LogP contribution in [0, 0.1) is 0 Å². The van der Waals surface area contributed by atoms with Gasteiger partial charge in [0.1, 0.15) is 23.2 Å². The second kappa shape index (κ2) is 9.12. The third-order valence-electron chi connectivity index (χ3n) is 5.09. The molecule has 0 aromatic heterocycles. The average molecular weight is 443 g/mol. The third kappa shape index (κ3) is 3.75. The standard InChI is InChI=1S/C23H24O2P.BrH/c1-2-26(19-11-5-3-6-12-19,20-13-7-4-8-14-20)22-16-10-9-15-21(22)23-24-17-18-25-23;/h3-16,23H,2,17-18H2,1H3;1H/q+1;/p-1. The van der Waals surface area contributed by atoms with Crippen LogP contribution < -0.4 is 32.9 Å². The van der Waals surface area contributed by atoms with Crippen LogP contribution in [0.25, 0.3) is 0 Å². The monoisotopic (exact) mass is 442 g/mol. The molecule has 4 rings (SSSR count). The summed E-state index contributed by atoms with van der Waals surface area (Å²) in [5.74, 6) is 0. The maximum absolute atomic E-state index is 5.89. The molecule has 0 unspecified atom stereocenters. The minimum absolute atomic E-state index is 0. The maximum Gasteiger partial charge on any atom is 0.187 e. The molecular weight excluding hydrogens is 419 g/mol. The topological polar surface area (TPSA) is 18.5 Å². The van der Waals surface area contributed by atoms with Gasteiger partial charge in [0.05, 0.1) is 24.9 Å². The summed E-state index contributed by atoms with van der Waals surface area (Å²) in [7, 11) is -1.78. The van der Waals surface area contributed by atoms with E-state index in [1.165, 1.54) is 21.5 Å². The summed E-state index contributed by atoms with van der Waals surface area (Å²) in [5, 5.41) is 4.17. The molecule has 1 aliphatic heterocycles. The first kappa shape index (κ1) is 20.2. The third-order valence-corrected chi connectivity index (χ3v) is 9.63. The van der Waals surface area contributed by atoms with Crippen molar-refractivity contribution < 1.29 is 26.5 Å². The van der Waals surface area contributed by atoms with E-state index in [1.807, 2.05) is 0 Å². The highest BCUT2D eigenvalue weighted by atomic mass is 79.9. The van der Waals surface area contributed by atoms with E-state index in [0.717, 1.165) is 6.16 Å². The number of halogens is 1. The van der Waals surface area contributed by atoms with Crippen molar-refractivity contribution in [1.82, 2.24) is 0 Å². The van der Waals surface area contributed by atoms with Crippen LogP contribution in [0.1, 0.15) is 18.8 Å². The molecule has 0 aliphatic carbocycles. The summed E-state index contributed by atoms with van der Waals surface area (Å²) in [4.78, 5) is 0. The molecule has 0 spiro atoms. The second-order valence-corrected chi connectivity index (χ2v) is 10.2. The van der Waals surface area contributed by atoms with Crippen LogP contribution in [0.4, 0.5) is 0 Å². The molecule has 0 bridgehead atoms. The zero-order valence-corrected chi connectivity index (χ0v) is 17.9. The van der Waals surface area contributed by atoms with Gasteiger partial charge in [0.15, 0.2) is 6.29 Å². The minimum atomic E-state index is -1.78. The first-order chi connectivity index (χ1) is 12.9. The first-order valence-electron chi connectivity index (χ1n) is 9.18. The average Bonchev–Trinajstić information content (AvgIpc) is 3.26. The Morgan fingerprint density at radius 2 is 1.22 bits per heavy atom. The molecule has 140 valence electrons. The number of hydrogen-bond acceptors (Lipinski definition) is 2. The lowest BCUT2D eigenvalue weighted by Gasteiger charge is -2.29. The van der Waals surface area contributed by atoms with Crippen molar-refractivity contribution in [2.45, 2.75) is 13.2 Å². The Hall–Kier alpha value is -1.51. The summed E-state index contributed by atoms with van der Waals surface area (Å²) >= 11 is 0. The molecule has 1 aliphatic rings. The fraction of sp³-hybridized carbons (Fsp3) is 0.217. The van der Waals surface area contributed by atoms with Gasteiger partial charge in [0.2, 0.25) is 0 Å². The van der Waals surface area contributed by atoms with Crippen molar-refractivity contribution in [3.8, 4) is 0 Å². The van der Waals surface area contributed by atoms with E-state index in [2.05, 4.69) is 91.9 Å². The van der Waals surface area contributed by atoms with Crippen LogP contribution in [0.2, 0.25) is 0 Å². The molecule has 3 aromatic carbocycles. The highest BCUT2D eigenvalue weighted by Gasteiger charge is 2.46. The Morgan fingerprint density at radius 3 is 1.74 bits per heavy atom. The highest BCUT2D eigenvalue weighted by Crippen LogP contribution is 2.56. The number of benzene rings is 3. The van der Waals surface area contributed by atoms with Crippen molar-refractivity contribution in [3.63, 3.8) is 0 Å². The second-order valence-electron chi connectivity index (χ2n) is 6.43. The predicted molar refractivity (Wildman–Crippen MR) is 110 cm³/mol. The summed E-state index contributed by atoms with van der Waals surface area (Å²) in [6.07, 6.45) is 0.801. The zero-order chi connectivity index (χ0) is 17.8. The van der Waals surface area contributed by atoms with Crippen molar-refractivity contribution >= 4 is 23.2 Å². The molecule has 27 heavy (non-hydrogen) atoms. The zero-order valence-electron chi connectivity index (χ0n) is 15.4. The van der Waals surface area contributed by atoms with Crippen molar-refractivity contribution in [2.24, 2.45) is 0 Å². The van der Waals surface area contributed by atoms with Gasteiger partial charge in [-0.3, -0.25) is 0 Å².